The van der Waals surface area contributed by atoms with Crippen LogP contribution in [-0.4, -0.2) is 24.8 Å². The highest BCUT2D eigenvalue weighted by atomic mass is 16.5. The summed E-state index contributed by atoms with van der Waals surface area (Å²) in [6, 6.07) is 13.3. The third-order valence-corrected chi connectivity index (χ3v) is 4.10. The molecule has 5 nitrogen and oxygen atoms in total. The Morgan fingerprint density at radius 1 is 1.16 bits per heavy atom. The molecule has 0 bridgehead atoms. The van der Waals surface area contributed by atoms with E-state index >= 15 is 0 Å². The van der Waals surface area contributed by atoms with Crippen molar-refractivity contribution in [2.75, 3.05) is 13.7 Å². The van der Waals surface area contributed by atoms with Crippen molar-refractivity contribution in [3.63, 3.8) is 0 Å². The Hall–Kier alpha value is -2.53. The lowest BCUT2D eigenvalue weighted by atomic mass is 10.0. The molecule has 0 saturated carbocycles. The Morgan fingerprint density at radius 2 is 1.84 bits per heavy atom. The molecule has 2 aromatic rings. The van der Waals surface area contributed by atoms with Crippen LogP contribution in [-0.2, 0) is 13.0 Å². The van der Waals surface area contributed by atoms with Crippen molar-refractivity contribution < 1.29 is 14.6 Å². The average Bonchev–Trinajstić information content (AvgIpc) is 2.62. The van der Waals surface area contributed by atoms with Gasteiger partial charge in [-0.1, -0.05) is 42.0 Å². The minimum atomic E-state index is -0.206. The maximum Gasteiger partial charge on any atom is 0.315 e. The van der Waals surface area contributed by atoms with Gasteiger partial charge in [0.15, 0.2) is 0 Å². The van der Waals surface area contributed by atoms with Gasteiger partial charge in [0.1, 0.15) is 5.75 Å². The fourth-order valence-corrected chi connectivity index (χ4v) is 2.65. The second-order valence-electron chi connectivity index (χ2n) is 6.09. The van der Waals surface area contributed by atoms with Gasteiger partial charge >= 0.3 is 6.03 Å². The number of aliphatic hydroxyl groups is 1. The molecule has 134 valence electrons. The Labute approximate surface area is 149 Å². The Bertz CT molecular complexity index is 699. The van der Waals surface area contributed by atoms with Crippen LogP contribution in [0.15, 0.2) is 42.5 Å². The number of aryl methyl sites for hydroxylation is 1. The Morgan fingerprint density at radius 3 is 2.48 bits per heavy atom. The minimum Gasteiger partial charge on any atom is -0.496 e. The number of ether oxygens (including phenoxy) is 1. The predicted octanol–water partition coefficient (Wildman–Crippen LogP) is 3.10. The largest absolute Gasteiger partial charge is 0.496 e. The van der Waals surface area contributed by atoms with Crippen molar-refractivity contribution in [2.24, 2.45) is 0 Å². The van der Waals surface area contributed by atoms with E-state index in [9.17, 15) is 4.79 Å². The van der Waals surface area contributed by atoms with Crippen LogP contribution in [0, 0.1) is 6.92 Å². The number of carbonyl (C=O) groups excluding carboxylic acids is 1. The number of hydrogen-bond donors (Lipinski definition) is 3. The van der Waals surface area contributed by atoms with Gasteiger partial charge in [0.25, 0.3) is 0 Å². The quantitative estimate of drug-likeness (QED) is 0.724. The summed E-state index contributed by atoms with van der Waals surface area (Å²) in [4.78, 5) is 12.1. The summed E-state index contributed by atoms with van der Waals surface area (Å²) < 4.78 is 5.37. The molecule has 0 heterocycles. The molecule has 0 aromatic heterocycles. The number of amides is 2. The van der Waals surface area contributed by atoms with Crippen molar-refractivity contribution in [1.82, 2.24) is 10.6 Å². The molecule has 2 rings (SSSR count). The first-order valence-corrected chi connectivity index (χ1v) is 8.41. The molecule has 0 radical (unpaired) electrons. The van der Waals surface area contributed by atoms with Gasteiger partial charge < -0.3 is 20.5 Å². The highest BCUT2D eigenvalue weighted by Crippen LogP contribution is 2.25. The molecule has 0 aliphatic carbocycles. The normalized spacial score (nSPS) is 11.7. The number of urea groups is 1. The molecule has 5 heteroatoms. The van der Waals surface area contributed by atoms with Crippen molar-refractivity contribution >= 4 is 6.03 Å². The topological polar surface area (TPSA) is 70.6 Å². The van der Waals surface area contributed by atoms with Crippen LogP contribution in [0.5, 0.6) is 5.75 Å². The molecule has 0 aliphatic rings. The van der Waals surface area contributed by atoms with E-state index < -0.39 is 0 Å². The van der Waals surface area contributed by atoms with E-state index in [4.69, 9.17) is 9.84 Å². The van der Waals surface area contributed by atoms with Gasteiger partial charge in [0.2, 0.25) is 0 Å². The van der Waals surface area contributed by atoms with E-state index in [0.29, 0.717) is 6.54 Å². The number of methoxy groups -OCH3 is 1. The summed E-state index contributed by atoms with van der Waals surface area (Å²) in [6.45, 7) is 4.53. The molecule has 0 aliphatic heterocycles. The van der Waals surface area contributed by atoms with Gasteiger partial charge in [-0.05, 0) is 37.5 Å². The van der Waals surface area contributed by atoms with E-state index in [1.54, 1.807) is 7.11 Å². The van der Waals surface area contributed by atoms with Crippen LogP contribution >= 0.6 is 0 Å². The van der Waals surface area contributed by atoms with Gasteiger partial charge in [-0.2, -0.15) is 0 Å². The number of benzene rings is 2. The molecule has 0 spiro atoms. The molecular weight excluding hydrogens is 316 g/mol. The van der Waals surface area contributed by atoms with E-state index in [1.165, 1.54) is 0 Å². The van der Waals surface area contributed by atoms with Crippen molar-refractivity contribution in [3.05, 3.63) is 64.7 Å². The first kappa shape index (κ1) is 18.8. The first-order valence-electron chi connectivity index (χ1n) is 8.41. The summed E-state index contributed by atoms with van der Waals surface area (Å²) in [5.74, 6) is 0.766. The zero-order valence-corrected chi connectivity index (χ0v) is 15.0. The predicted molar refractivity (Wildman–Crippen MR) is 98.7 cm³/mol. The van der Waals surface area contributed by atoms with Crippen LogP contribution in [0.2, 0.25) is 0 Å². The molecule has 0 saturated heterocycles. The van der Waals surface area contributed by atoms with Crippen LogP contribution in [0.3, 0.4) is 0 Å². The van der Waals surface area contributed by atoms with Crippen LogP contribution < -0.4 is 15.4 Å². The van der Waals surface area contributed by atoms with Crippen LogP contribution in [0.4, 0.5) is 4.79 Å². The SMILES string of the molecule is COc1ccc(C)cc1C(C)NC(=O)NCCc1ccc(CO)cc1. The third-order valence-electron chi connectivity index (χ3n) is 4.10. The van der Waals surface area contributed by atoms with Gasteiger partial charge in [0, 0.05) is 12.1 Å². The molecule has 25 heavy (non-hydrogen) atoms. The van der Waals surface area contributed by atoms with E-state index in [0.717, 1.165) is 34.4 Å². The molecule has 3 N–H and O–H groups in total. The highest BCUT2D eigenvalue weighted by molar-refractivity contribution is 5.74. The number of carbonyl (C=O) groups is 1. The lowest BCUT2D eigenvalue weighted by Crippen LogP contribution is -2.38. The van der Waals surface area contributed by atoms with Crippen LogP contribution in [0.25, 0.3) is 0 Å². The smallest absolute Gasteiger partial charge is 0.315 e. The summed E-state index contributed by atoms with van der Waals surface area (Å²) in [7, 11) is 1.63. The number of rotatable bonds is 7. The molecule has 1 atom stereocenters. The Kier molecular flexibility index (Phi) is 6.83. The van der Waals surface area contributed by atoms with E-state index in [1.807, 2.05) is 56.3 Å². The summed E-state index contributed by atoms with van der Waals surface area (Å²) in [6.07, 6.45) is 0.737. The maximum absolute atomic E-state index is 12.1. The molecule has 2 aromatic carbocycles. The molecule has 0 fully saturated rings. The van der Waals surface area contributed by atoms with Gasteiger partial charge in [-0.15, -0.1) is 0 Å². The second kappa shape index (κ2) is 9.08. The number of aliphatic hydroxyl groups excluding tert-OH is 1. The molecule has 2 amide bonds. The van der Waals surface area contributed by atoms with E-state index in [2.05, 4.69) is 10.6 Å². The number of hydrogen-bond acceptors (Lipinski definition) is 3. The summed E-state index contributed by atoms with van der Waals surface area (Å²) in [5.41, 5.74) is 4.08. The first-order chi connectivity index (χ1) is 12.0. The zero-order valence-electron chi connectivity index (χ0n) is 15.0. The van der Waals surface area contributed by atoms with Gasteiger partial charge in [0.05, 0.1) is 19.8 Å². The van der Waals surface area contributed by atoms with Crippen molar-refractivity contribution in [1.29, 1.82) is 0 Å². The minimum absolute atomic E-state index is 0.0429. The van der Waals surface area contributed by atoms with Crippen LogP contribution in [0.1, 0.15) is 35.2 Å². The molecule has 1 unspecified atom stereocenters. The maximum atomic E-state index is 12.1. The van der Waals surface area contributed by atoms with Crippen molar-refractivity contribution in [3.8, 4) is 5.75 Å². The van der Waals surface area contributed by atoms with Gasteiger partial charge in [-0.3, -0.25) is 0 Å². The lowest BCUT2D eigenvalue weighted by molar-refractivity contribution is 0.238. The average molecular weight is 342 g/mol. The monoisotopic (exact) mass is 342 g/mol. The fourth-order valence-electron chi connectivity index (χ4n) is 2.65. The summed E-state index contributed by atoms with van der Waals surface area (Å²) >= 11 is 0. The van der Waals surface area contributed by atoms with E-state index in [-0.39, 0.29) is 18.7 Å². The fraction of sp³-hybridized carbons (Fsp3) is 0.350. The standard InChI is InChI=1S/C20H26N2O3/c1-14-4-9-19(25-3)18(12-14)15(2)22-20(24)21-11-10-16-5-7-17(13-23)8-6-16/h4-9,12,15,23H,10-11,13H2,1-3H3,(H2,21,22,24). The molecular formula is C20H26N2O3. The number of nitrogens with one attached hydrogen (secondary N) is 2. The van der Waals surface area contributed by atoms with Gasteiger partial charge in [-0.25, -0.2) is 4.79 Å². The van der Waals surface area contributed by atoms with Crippen molar-refractivity contribution in [2.45, 2.75) is 32.9 Å². The Balaban J connectivity index is 1.84. The zero-order chi connectivity index (χ0) is 18.2. The second-order valence-corrected chi connectivity index (χ2v) is 6.09. The lowest BCUT2D eigenvalue weighted by Gasteiger charge is -2.18. The highest BCUT2D eigenvalue weighted by Gasteiger charge is 2.14. The summed E-state index contributed by atoms with van der Waals surface area (Å²) in [5, 5.41) is 14.8. The third kappa shape index (κ3) is 5.50.